The van der Waals surface area contributed by atoms with Crippen molar-refractivity contribution < 1.29 is 14.5 Å². The monoisotopic (exact) mass is 465 g/mol. The van der Waals surface area contributed by atoms with E-state index in [2.05, 4.69) is 15.2 Å². The maximum Gasteiger partial charge on any atom is 0.269 e. The molecular formula is C23H23N5O4S. The van der Waals surface area contributed by atoms with Crippen molar-refractivity contribution in [1.82, 2.24) is 14.8 Å². The van der Waals surface area contributed by atoms with Crippen LogP contribution >= 0.6 is 11.3 Å². The van der Waals surface area contributed by atoms with Crippen molar-refractivity contribution in [1.29, 1.82) is 0 Å². The highest BCUT2D eigenvalue weighted by molar-refractivity contribution is 7.14. The van der Waals surface area contributed by atoms with Gasteiger partial charge in [0.05, 0.1) is 17.0 Å². The lowest BCUT2D eigenvalue weighted by atomic mass is 10.1. The SMILES string of the molecule is O=C(Nc1nc(CC(=O)N2CCN(Cc3cccc([N+](=O)[O-])c3)CC2)cs1)c1ccccc1. The molecule has 2 heterocycles. The molecule has 0 bridgehead atoms. The topological polar surface area (TPSA) is 109 Å². The highest BCUT2D eigenvalue weighted by atomic mass is 32.1. The van der Waals surface area contributed by atoms with Crippen LogP contribution in [0.15, 0.2) is 60.0 Å². The van der Waals surface area contributed by atoms with Crippen LogP contribution in [0.4, 0.5) is 10.8 Å². The number of thiazole rings is 1. The molecule has 0 aliphatic carbocycles. The molecule has 0 spiro atoms. The minimum atomic E-state index is -0.392. The van der Waals surface area contributed by atoms with Gasteiger partial charge in [0.2, 0.25) is 5.91 Å². The van der Waals surface area contributed by atoms with Crippen molar-refractivity contribution in [3.05, 3.63) is 86.9 Å². The molecule has 0 atom stereocenters. The Kier molecular flexibility index (Phi) is 7.06. The number of nitro benzene ring substituents is 1. The molecule has 3 aromatic rings. The molecule has 33 heavy (non-hydrogen) atoms. The van der Waals surface area contributed by atoms with E-state index >= 15 is 0 Å². The van der Waals surface area contributed by atoms with Crippen molar-refractivity contribution in [2.75, 3.05) is 31.5 Å². The summed E-state index contributed by atoms with van der Waals surface area (Å²) in [5, 5.41) is 16.0. The van der Waals surface area contributed by atoms with Crippen molar-refractivity contribution in [2.45, 2.75) is 13.0 Å². The number of nitro groups is 1. The zero-order chi connectivity index (χ0) is 23.2. The average molecular weight is 466 g/mol. The molecule has 1 aliphatic rings. The fourth-order valence-electron chi connectivity index (χ4n) is 3.65. The van der Waals surface area contributed by atoms with E-state index < -0.39 is 4.92 Å². The quantitative estimate of drug-likeness (QED) is 0.424. The summed E-state index contributed by atoms with van der Waals surface area (Å²) in [5.41, 5.74) is 2.15. The predicted molar refractivity (Wildman–Crippen MR) is 125 cm³/mol. The normalized spacial score (nSPS) is 14.1. The van der Waals surface area contributed by atoms with Gasteiger partial charge < -0.3 is 4.90 Å². The first kappa shape index (κ1) is 22.6. The Balaban J connectivity index is 1.25. The first-order chi connectivity index (χ1) is 16.0. The van der Waals surface area contributed by atoms with Gasteiger partial charge in [0.15, 0.2) is 5.13 Å². The van der Waals surface area contributed by atoms with E-state index in [4.69, 9.17) is 0 Å². The van der Waals surface area contributed by atoms with Gasteiger partial charge in [-0.25, -0.2) is 4.98 Å². The third-order valence-electron chi connectivity index (χ3n) is 5.39. The summed E-state index contributed by atoms with van der Waals surface area (Å²) < 4.78 is 0. The van der Waals surface area contributed by atoms with Gasteiger partial charge >= 0.3 is 0 Å². The Morgan fingerprint density at radius 1 is 1.06 bits per heavy atom. The van der Waals surface area contributed by atoms with E-state index in [9.17, 15) is 19.7 Å². The number of nitrogens with zero attached hydrogens (tertiary/aromatic N) is 4. The van der Waals surface area contributed by atoms with Gasteiger partial charge in [0.25, 0.3) is 11.6 Å². The minimum Gasteiger partial charge on any atom is -0.340 e. The number of carbonyl (C=O) groups excluding carboxylic acids is 2. The lowest BCUT2D eigenvalue weighted by Crippen LogP contribution is -2.48. The smallest absolute Gasteiger partial charge is 0.269 e. The van der Waals surface area contributed by atoms with Gasteiger partial charge in [0, 0.05) is 55.8 Å². The standard InChI is InChI=1S/C23H23N5O4S/c29-21(14-19-16-33-23(24-19)25-22(30)18-6-2-1-3-7-18)27-11-9-26(10-12-27)15-17-5-4-8-20(13-17)28(31)32/h1-8,13,16H,9-12,14-15H2,(H,24,25,30). The van der Waals surface area contributed by atoms with Crippen molar-refractivity contribution in [2.24, 2.45) is 0 Å². The van der Waals surface area contributed by atoms with Gasteiger partial charge in [-0.1, -0.05) is 30.3 Å². The molecule has 1 aromatic heterocycles. The van der Waals surface area contributed by atoms with Gasteiger partial charge in [-0.3, -0.25) is 29.9 Å². The molecule has 9 nitrogen and oxygen atoms in total. The second kappa shape index (κ2) is 10.3. The van der Waals surface area contributed by atoms with Crippen molar-refractivity contribution >= 4 is 34.0 Å². The molecule has 1 aliphatic heterocycles. The molecule has 10 heteroatoms. The molecule has 1 saturated heterocycles. The average Bonchev–Trinajstić information content (AvgIpc) is 3.26. The summed E-state index contributed by atoms with van der Waals surface area (Å²) in [7, 11) is 0. The highest BCUT2D eigenvalue weighted by Gasteiger charge is 2.22. The summed E-state index contributed by atoms with van der Waals surface area (Å²) in [6, 6.07) is 15.5. The number of carbonyl (C=O) groups is 2. The summed E-state index contributed by atoms with van der Waals surface area (Å²) >= 11 is 1.30. The van der Waals surface area contributed by atoms with Gasteiger partial charge in [-0.2, -0.15) is 0 Å². The predicted octanol–water partition coefficient (Wildman–Crippen LogP) is 3.19. The Bertz CT molecular complexity index is 1140. The second-order valence-corrected chi connectivity index (χ2v) is 8.58. The van der Waals surface area contributed by atoms with Crippen LogP contribution in [0.5, 0.6) is 0 Å². The molecule has 2 amide bonds. The van der Waals surface area contributed by atoms with Crippen molar-refractivity contribution in [3.8, 4) is 0 Å². The van der Waals surface area contributed by atoms with Crippen LogP contribution in [-0.4, -0.2) is 57.7 Å². The Morgan fingerprint density at radius 3 is 2.55 bits per heavy atom. The molecule has 0 saturated carbocycles. The fourth-order valence-corrected chi connectivity index (χ4v) is 4.36. The molecule has 2 aromatic carbocycles. The summed E-state index contributed by atoms with van der Waals surface area (Å²) in [6.45, 7) is 3.19. The third-order valence-corrected chi connectivity index (χ3v) is 6.20. The number of hydrogen-bond donors (Lipinski definition) is 1. The number of hydrogen-bond acceptors (Lipinski definition) is 7. The van der Waals surface area contributed by atoms with Crippen molar-refractivity contribution in [3.63, 3.8) is 0 Å². The summed E-state index contributed by atoms with van der Waals surface area (Å²) in [5.74, 6) is -0.237. The van der Waals surface area contributed by atoms with E-state index in [1.165, 1.54) is 17.4 Å². The number of aromatic nitrogens is 1. The Hall–Kier alpha value is -3.63. The Labute approximate surface area is 194 Å². The van der Waals surface area contributed by atoms with Crippen LogP contribution in [0.3, 0.4) is 0 Å². The largest absolute Gasteiger partial charge is 0.340 e. The van der Waals surface area contributed by atoms with E-state index in [1.54, 1.807) is 41.8 Å². The maximum atomic E-state index is 12.7. The lowest BCUT2D eigenvalue weighted by molar-refractivity contribution is -0.384. The number of nitrogens with one attached hydrogen (secondary N) is 1. The Morgan fingerprint density at radius 2 is 1.82 bits per heavy atom. The van der Waals surface area contributed by atoms with E-state index in [0.29, 0.717) is 49.1 Å². The second-order valence-electron chi connectivity index (χ2n) is 7.72. The highest BCUT2D eigenvalue weighted by Crippen LogP contribution is 2.19. The summed E-state index contributed by atoms with van der Waals surface area (Å²) in [6.07, 6.45) is 0.183. The number of piperazine rings is 1. The number of amides is 2. The van der Waals surface area contributed by atoms with Crippen LogP contribution < -0.4 is 5.32 Å². The first-order valence-corrected chi connectivity index (χ1v) is 11.4. The van der Waals surface area contributed by atoms with Gasteiger partial charge in [-0.15, -0.1) is 11.3 Å². The van der Waals surface area contributed by atoms with Crippen LogP contribution in [-0.2, 0) is 17.8 Å². The van der Waals surface area contributed by atoms with Gasteiger partial charge in [0.1, 0.15) is 0 Å². The number of rotatable bonds is 7. The van der Waals surface area contributed by atoms with Crippen LogP contribution in [0.25, 0.3) is 0 Å². The van der Waals surface area contributed by atoms with Crippen LogP contribution in [0, 0.1) is 10.1 Å². The molecule has 0 unspecified atom stereocenters. The lowest BCUT2D eigenvalue weighted by Gasteiger charge is -2.34. The van der Waals surface area contributed by atoms with Gasteiger partial charge in [-0.05, 0) is 17.7 Å². The number of non-ortho nitro benzene ring substituents is 1. The maximum absolute atomic E-state index is 12.7. The van der Waals surface area contributed by atoms with E-state index in [0.717, 1.165) is 5.56 Å². The minimum absolute atomic E-state index is 0.00349. The first-order valence-electron chi connectivity index (χ1n) is 10.5. The van der Waals surface area contributed by atoms with E-state index in [-0.39, 0.29) is 23.9 Å². The number of benzene rings is 2. The molecule has 4 rings (SSSR count). The zero-order valence-electron chi connectivity index (χ0n) is 17.8. The summed E-state index contributed by atoms with van der Waals surface area (Å²) in [4.78, 5) is 43.9. The molecule has 170 valence electrons. The molecule has 1 N–H and O–H groups in total. The molecular weight excluding hydrogens is 442 g/mol. The third kappa shape index (κ3) is 5.99. The van der Waals surface area contributed by atoms with E-state index in [1.807, 2.05) is 17.0 Å². The van der Waals surface area contributed by atoms with Crippen LogP contribution in [0.2, 0.25) is 0 Å². The molecule has 1 fully saturated rings. The van der Waals surface area contributed by atoms with Crippen LogP contribution in [0.1, 0.15) is 21.6 Å². The fraction of sp³-hybridized carbons (Fsp3) is 0.261. The molecule has 0 radical (unpaired) electrons. The number of anilines is 1. The zero-order valence-corrected chi connectivity index (χ0v) is 18.7.